The zero-order chi connectivity index (χ0) is 14.0. The van der Waals surface area contributed by atoms with Crippen LogP contribution in [-0.2, 0) is 19.1 Å². The molecule has 0 saturated carbocycles. The topological polar surface area (TPSA) is 63.7 Å². The molecule has 1 aliphatic rings. The van der Waals surface area contributed by atoms with Gasteiger partial charge in [0.2, 0.25) is 0 Å². The first-order chi connectivity index (χ1) is 9.06. The van der Waals surface area contributed by atoms with E-state index in [9.17, 15) is 14.4 Å². The van der Waals surface area contributed by atoms with Crippen molar-refractivity contribution in [3.63, 3.8) is 0 Å². The molecule has 2 amide bonds. The van der Waals surface area contributed by atoms with Gasteiger partial charge in [0.25, 0.3) is 11.8 Å². The van der Waals surface area contributed by atoms with Crippen LogP contribution in [0.1, 0.15) is 18.5 Å². The summed E-state index contributed by atoms with van der Waals surface area (Å²) in [5, 5.41) is 0. The number of hydrogen-bond acceptors (Lipinski definition) is 4. The molecule has 1 aromatic carbocycles. The number of rotatable bonds is 3. The number of carbonyl (C=O) groups excluding carboxylic acids is 3. The summed E-state index contributed by atoms with van der Waals surface area (Å²) < 4.78 is 4.70. The fraction of sp³-hybridized carbons (Fsp3) is 0.214. The minimum absolute atomic E-state index is 0.315. The smallest absolute Gasteiger partial charge is 0.333 e. The molecule has 0 aromatic heterocycles. The number of nitrogens with zero attached hydrogens (tertiary/aromatic N) is 1. The van der Waals surface area contributed by atoms with Gasteiger partial charge in [-0.05, 0) is 12.5 Å². The van der Waals surface area contributed by atoms with Crippen LogP contribution < -0.4 is 0 Å². The number of esters is 1. The maximum atomic E-state index is 12.0. The molecule has 0 saturated heterocycles. The van der Waals surface area contributed by atoms with Crippen LogP contribution in [0, 0.1) is 0 Å². The van der Waals surface area contributed by atoms with E-state index < -0.39 is 23.8 Å². The Bertz CT molecular complexity index is 562. The molecule has 1 aliphatic heterocycles. The number of benzene rings is 1. The predicted molar refractivity (Wildman–Crippen MR) is 66.8 cm³/mol. The van der Waals surface area contributed by atoms with Gasteiger partial charge in [-0.1, -0.05) is 30.3 Å². The third kappa shape index (κ3) is 2.27. The molecule has 0 fully saturated rings. The Morgan fingerprint density at radius 3 is 2.32 bits per heavy atom. The number of hydrogen-bond donors (Lipinski definition) is 0. The molecule has 0 N–H and O–H groups in total. The van der Waals surface area contributed by atoms with Gasteiger partial charge in [-0.3, -0.25) is 14.5 Å². The lowest BCUT2D eigenvalue weighted by Gasteiger charge is -2.24. The zero-order valence-corrected chi connectivity index (χ0v) is 10.6. The van der Waals surface area contributed by atoms with Gasteiger partial charge in [0, 0.05) is 11.6 Å². The molecule has 1 heterocycles. The highest BCUT2D eigenvalue weighted by molar-refractivity contribution is 6.17. The van der Waals surface area contributed by atoms with Gasteiger partial charge in [-0.2, -0.15) is 0 Å². The van der Waals surface area contributed by atoms with Crippen molar-refractivity contribution < 1.29 is 19.1 Å². The highest BCUT2D eigenvalue weighted by atomic mass is 16.5. The van der Waals surface area contributed by atoms with Crippen molar-refractivity contribution in [3.8, 4) is 0 Å². The van der Waals surface area contributed by atoms with Crippen molar-refractivity contribution in [2.75, 3.05) is 7.11 Å². The monoisotopic (exact) mass is 259 g/mol. The molecule has 0 bridgehead atoms. The zero-order valence-electron chi connectivity index (χ0n) is 10.6. The minimum Gasteiger partial charge on any atom is -0.467 e. The van der Waals surface area contributed by atoms with Gasteiger partial charge in [0.05, 0.1) is 7.11 Å². The second kappa shape index (κ2) is 5.06. The maximum absolute atomic E-state index is 12.0. The first-order valence-corrected chi connectivity index (χ1v) is 5.75. The molecular formula is C14H13NO4. The van der Waals surface area contributed by atoms with Gasteiger partial charge >= 0.3 is 5.97 Å². The van der Waals surface area contributed by atoms with E-state index in [-0.39, 0.29) is 0 Å². The van der Waals surface area contributed by atoms with Crippen LogP contribution in [0.2, 0.25) is 0 Å². The second-order valence-electron chi connectivity index (χ2n) is 4.18. The van der Waals surface area contributed by atoms with E-state index in [2.05, 4.69) is 0 Å². The van der Waals surface area contributed by atoms with Gasteiger partial charge in [-0.15, -0.1) is 0 Å². The Labute approximate surface area is 110 Å². The van der Waals surface area contributed by atoms with Crippen molar-refractivity contribution in [2.45, 2.75) is 13.0 Å². The summed E-state index contributed by atoms with van der Waals surface area (Å²) in [7, 11) is 1.23. The second-order valence-corrected chi connectivity index (χ2v) is 4.18. The lowest BCUT2D eigenvalue weighted by atomic mass is 10.1. The van der Waals surface area contributed by atoms with Crippen molar-refractivity contribution >= 4 is 17.8 Å². The summed E-state index contributed by atoms with van der Waals surface area (Å²) in [4.78, 5) is 36.7. The molecule has 5 heteroatoms. The molecule has 1 atom stereocenters. The molecule has 0 spiro atoms. The standard InChI is InChI=1S/C14H13NO4/c1-9-8-11(16)15(13(9)17)12(14(18)19-2)10-6-4-3-5-7-10/h3-8,12H,1-2H3. The fourth-order valence-corrected chi connectivity index (χ4v) is 1.99. The summed E-state index contributed by atoms with van der Waals surface area (Å²) in [6.07, 6.45) is 1.22. The molecule has 1 aromatic rings. The van der Waals surface area contributed by atoms with Crippen LogP contribution in [0.15, 0.2) is 42.0 Å². The van der Waals surface area contributed by atoms with Crippen LogP contribution in [0.3, 0.4) is 0 Å². The summed E-state index contributed by atoms with van der Waals surface area (Å²) in [6.45, 7) is 1.54. The fourth-order valence-electron chi connectivity index (χ4n) is 1.99. The molecule has 0 aliphatic carbocycles. The molecule has 0 radical (unpaired) electrons. The predicted octanol–water partition coefficient (Wildman–Crippen LogP) is 1.22. The first kappa shape index (κ1) is 13.0. The van der Waals surface area contributed by atoms with Crippen LogP contribution in [0.4, 0.5) is 0 Å². The molecule has 2 rings (SSSR count). The Balaban J connectivity index is 2.44. The third-order valence-corrected chi connectivity index (χ3v) is 2.93. The maximum Gasteiger partial charge on any atom is 0.333 e. The van der Waals surface area contributed by atoms with Gasteiger partial charge < -0.3 is 4.74 Å². The lowest BCUT2D eigenvalue weighted by molar-refractivity contribution is -0.156. The van der Waals surface area contributed by atoms with Crippen LogP contribution in [0.25, 0.3) is 0 Å². The average molecular weight is 259 g/mol. The Hall–Kier alpha value is -2.43. The van der Waals surface area contributed by atoms with E-state index in [4.69, 9.17) is 4.74 Å². The van der Waals surface area contributed by atoms with Gasteiger partial charge in [-0.25, -0.2) is 4.79 Å². The van der Waals surface area contributed by atoms with Crippen LogP contribution in [-0.4, -0.2) is 29.8 Å². The highest BCUT2D eigenvalue weighted by Crippen LogP contribution is 2.27. The summed E-state index contributed by atoms with van der Waals surface area (Å²) in [5.41, 5.74) is 0.856. The largest absolute Gasteiger partial charge is 0.467 e. The van der Waals surface area contributed by atoms with Crippen molar-refractivity contribution in [1.82, 2.24) is 4.90 Å². The molecule has 98 valence electrons. The average Bonchev–Trinajstić information content (AvgIpc) is 2.66. The summed E-state index contributed by atoms with van der Waals surface area (Å²) in [6, 6.07) is 7.56. The molecular weight excluding hydrogens is 246 g/mol. The summed E-state index contributed by atoms with van der Waals surface area (Å²) >= 11 is 0. The number of methoxy groups -OCH3 is 1. The number of carbonyl (C=O) groups is 3. The quantitative estimate of drug-likeness (QED) is 0.604. The summed E-state index contributed by atoms with van der Waals surface area (Å²) in [5.74, 6) is -1.61. The highest BCUT2D eigenvalue weighted by Gasteiger charge is 2.39. The normalized spacial score (nSPS) is 16.3. The van der Waals surface area contributed by atoms with Crippen molar-refractivity contribution in [2.24, 2.45) is 0 Å². The molecule has 1 unspecified atom stereocenters. The van der Waals surface area contributed by atoms with E-state index in [1.54, 1.807) is 37.3 Å². The Morgan fingerprint density at radius 2 is 1.84 bits per heavy atom. The van der Waals surface area contributed by atoms with Crippen molar-refractivity contribution in [3.05, 3.63) is 47.5 Å². The van der Waals surface area contributed by atoms with Crippen molar-refractivity contribution in [1.29, 1.82) is 0 Å². The number of amides is 2. The number of imide groups is 1. The van der Waals surface area contributed by atoms with Gasteiger partial charge in [0.15, 0.2) is 6.04 Å². The van der Waals surface area contributed by atoms with E-state index in [0.717, 1.165) is 4.90 Å². The Morgan fingerprint density at radius 1 is 1.21 bits per heavy atom. The van der Waals surface area contributed by atoms with E-state index in [1.807, 2.05) is 0 Å². The van der Waals surface area contributed by atoms with Crippen LogP contribution in [0.5, 0.6) is 0 Å². The SMILES string of the molecule is COC(=O)C(c1ccccc1)N1C(=O)C=C(C)C1=O. The van der Waals surface area contributed by atoms with E-state index in [0.29, 0.717) is 11.1 Å². The molecule has 19 heavy (non-hydrogen) atoms. The van der Waals surface area contributed by atoms with E-state index >= 15 is 0 Å². The third-order valence-electron chi connectivity index (χ3n) is 2.93. The van der Waals surface area contributed by atoms with Gasteiger partial charge in [0.1, 0.15) is 0 Å². The minimum atomic E-state index is -1.04. The van der Waals surface area contributed by atoms with E-state index in [1.165, 1.54) is 13.2 Å². The Kier molecular flexibility index (Phi) is 3.46. The first-order valence-electron chi connectivity index (χ1n) is 5.75. The lowest BCUT2D eigenvalue weighted by Crippen LogP contribution is -2.39. The van der Waals surface area contributed by atoms with Crippen LogP contribution >= 0.6 is 0 Å². The number of ether oxygens (including phenoxy) is 1. The molecule has 5 nitrogen and oxygen atoms in total.